The molecule has 0 saturated heterocycles. The van der Waals surface area contributed by atoms with E-state index in [1.165, 1.54) is 44.9 Å². The van der Waals surface area contributed by atoms with Gasteiger partial charge in [-0.15, -0.1) is 0 Å². The molecule has 0 aliphatic carbocycles. The number of rotatable bonds is 10. The SMILES string of the molecule is CCCCCCCCCCCC(=O)O.[LiH]. The molecular formula is C12H25LiO2. The molecule has 3 heteroatoms. The van der Waals surface area contributed by atoms with E-state index in [0.717, 1.165) is 12.8 Å². The average Bonchev–Trinajstić information content (AvgIpc) is 2.15. The molecule has 1 N–H and O–H groups in total. The van der Waals surface area contributed by atoms with Crippen LogP contribution in [0.5, 0.6) is 0 Å². The zero-order valence-electron chi connectivity index (χ0n) is 9.43. The monoisotopic (exact) mass is 208 g/mol. The van der Waals surface area contributed by atoms with Crippen LogP contribution in [0.3, 0.4) is 0 Å². The standard InChI is InChI=1S/C12H24O2.Li.H/c1-2-3-4-5-6-7-8-9-10-11-12(13)14;;/h2-11H2,1H3,(H,13,14);;. The van der Waals surface area contributed by atoms with Gasteiger partial charge in [-0.25, -0.2) is 0 Å². The van der Waals surface area contributed by atoms with Crippen molar-refractivity contribution in [3.8, 4) is 0 Å². The van der Waals surface area contributed by atoms with Gasteiger partial charge in [0.1, 0.15) is 0 Å². The second-order valence-electron chi connectivity index (χ2n) is 3.97. The minimum atomic E-state index is -0.659. The summed E-state index contributed by atoms with van der Waals surface area (Å²) in [5, 5.41) is 8.41. The van der Waals surface area contributed by atoms with Crippen LogP contribution in [0.2, 0.25) is 0 Å². The number of hydrogen-bond donors (Lipinski definition) is 1. The fourth-order valence-electron chi connectivity index (χ4n) is 1.59. The number of aliphatic carboxylic acids is 1. The van der Waals surface area contributed by atoms with Gasteiger partial charge in [0, 0.05) is 6.42 Å². The molecule has 0 spiro atoms. The Balaban J connectivity index is 0. The van der Waals surface area contributed by atoms with Crippen LogP contribution in [-0.4, -0.2) is 29.9 Å². The molecule has 0 saturated carbocycles. The van der Waals surface area contributed by atoms with Gasteiger partial charge in [-0.05, 0) is 6.42 Å². The molecule has 0 atom stereocenters. The van der Waals surface area contributed by atoms with Gasteiger partial charge in [-0.3, -0.25) is 4.79 Å². The zero-order valence-corrected chi connectivity index (χ0v) is 9.43. The van der Waals surface area contributed by atoms with E-state index in [0.29, 0.717) is 6.42 Å². The first kappa shape index (κ1) is 17.5. The van der Waals surface area contributed by atoms with Crippen molar-refractivity contribution in [1.29, 1.82) is 0 Å². The summed E-state index contributed by atoms with van der Waals surface area (Å²) in [6.45, 7) is 2.23. The van der Waals surface area contributed by atoms with Crippen LogP contribution < -0.4 is 0 Å². The summed E-state index contributed by atoms with van der Waals surface area (Å²) in [7, 11) is 0. The summed E-state index contributed by atoms with van der Waals surface area (Å²) in [5.41, 5.74) is 0. The molecule has 0 heterocycles. The summed E-state index contributed by atoms with van der Waals surface area (Å²) in [4.78, 5) is 10.2. The summed E-state index contributed by atoms with van der Waals surface area (Å²) in [6, 6.07) is 0. The Hall–Kier alpha value is 0.0674. The van der Waals surface area contributed by atoms with Crippen molar-refractivity contribution in [2.24, 2.45) is 0 Å². The fourth-order valence-corrected chi connectivity index (χ4v) is 1.59. The molecule has 0 bridgehead atoms. The molecule has 2 nitrogen and oxygen atoms in total. The van der Waals surface area contributed by atoms with Gasteiger partial charge < -0.3 is 5.11 Å². The average molecular weight is 208 g/mol. The molecule has 86 valence electrons. The predicted molar refractivity (Wildman–Crippen MR) is 66.6 cm³/mol. The van der Waals surface area contributed by atoms with Crippen LogP contribution in [-0.2, 0) is 4.79 Å². The molecule has 0 fully saturated rings. The fraction of sp³-hybridized carbons (Fsp3) is 0.917. The first-order valence-corrected chi connectivity index (χ1v) is 5.99. The molecular weight excluding hydrogens is 183 g/mol. The number of carboxylic acid groups (broad SMARTS) is 1. The van der Waals surface area contributed by atoms with Crippen LogP contribution >= 0.6 is 0 Å². The zero-order chi connectivity index (χ0) is 10.6. The van der Waals surface area contributed by atoms with E-state index in [1.54, 1.807) is 0 Å². The number of carbonyl (C=O) groups is 1. The summed E-state index contributed by atoms with van der Waals surface area (Å²) in [6.07, 6.45) is 11.5. The molecule has 0 rings (SSSR count). The summed E-state index contributed by atoms with van der Waals surface area (Å²) in [5.74, 6) is -0.659. The second-order valence-corrected chi connectivity index (χ2v) is 3.97. The Labute approximate surface area is 106 Å². The third kappa shape index (κ3) is 16.7. The first-order chi connectivity index (χ1) is 6.77. The third-order valence-corrected chi connectivity index (χ3v) is 2.49. The van der Waals surface area contributed by atoms with E-state index in [-0.39, 0.29) is 18.9 Å². The van der Waals surface area contributed by atoms with E-state index in [4.69, 9.17) is 5.11 Å². The maximum atomic E-state index is 10.2. The molecule has 0 aromatic heterocycles. The number of hydrogen-bond acceptors (Lipinski definition) is 1. The van der Waals surface area contributed by atoms with E-state index in [2.05, 4.69) is 6.92 Å². The Bertz CT molecular complexity index is 138. The molecule has 0 aromatic rings. The number of carboxylic acids is 1. The molecule has 0 aliphatic rings. The van der Waals surface area contributed by atoms with Gasteiger partial charge in [-0.1, -0.05) is 58.3 Å². The quantitative estimate of drug-likeness (QED) is 0.441. The van der Waals surface area contributed by atoms with Crippen molar-refractivity contribution >= 4 is 24.8 Å². The normalized spacial score (nSPS) is 9.67. The van der Waals surface area contributed by atoms with E-state index in [9.17, 15) is 4.79 Å². The van der Waals surface area contributed by atoms with Gasteiger partial charge in [0.05, 0.1) is 0 Å². The van der Waals surface area contributed by atoms with Gasteiger partial charge in [0.25, 0.3) is 0 Å². The Kier molecular flexibility index (Phi) is 16.4. The molecule has 0 aromatic carbocycles. The van der Waals surface area contributed by atoms with Gasteiger partial charge in [0.15, 0.2) is 0 Å². The van der Waals surface area contributed by atoms with Crippen molar-refractivity contribution in [2.45, 2.75) is 71.1 Å². The second kappa shape index (κ2) is 14.1. The third-order valence-electron chi connectivity index (χ3n) is 2.49. The number of unbranched alkanes of at least 4 members (excludes halogenated alkanes) is 8. The molecule has 0 aliphatic heterocycles. The Morgan fingerprint density at radius 2 is 1.27 bits per heavy atom. The molecule has 15 heavy (non-hydrogen) atoms. The van der Waals surface area contributed by atoms with Crippen LogP contribution in [0.4, 0.5) is 0 Å². The van der Waals surface area contributed by atoms with Crippen LogP contribution in [0.25, 0.3) is 0 Å². The first-order valence-electron chi connectivity index (χ1n) is 5.99. The van der Waals surface area contributed by atoms with Gasteiger partial charge >= 0.3 is 24.8 Å². The van der Waals surface area contributed by atoms with Crippen molar-refractivity contribution in [3.63, 3.8) is 0 Å². The molecule has 0 radical (unpaired) electrons. The van der Waals surface area contributed by atoms with Crippen molar-refractivity contribution < 1.29 is 9.90 Å². The maximum absolute atomic E-state index is 10.2. The topological polar surface area (TPSA) is 37.3 Å². The predicted octanol–water partition coefficient (Wildman–Crippen LogP) is 3.34. The van der Waals surface area contributed by atoms with E-state index < -0.39 is 5.97 Å². The van der Waals surface area contributed by atoms with Gasteiger partial charge in [-0.2, -0.15) is 0 Å². The van der Waals surface area contributed by atoms with E-state index in [1.807, 2.05) is 0 Å². The van der Waals surface area contributed by atoms with Crippen LogP contribution in [0.1, 0.15) is 71.1 Å². The minimum absolute atomic E-state index is 0. The molecule has 0 unspecified atom stereocenters. The van der Waals surface area contributed by atoms with Crippen LogP contribution in [0, 0.1) is 0 Å². The van der Waals surface area contributed by atoms with Crippen molar-refractivity contribution in [1.82, 2.24) is 0 Å². The summed E-state index contributed by atoms with van der Waals surface area (Å²) >= 11 is 0. The molecule has 0 amide bonds. The van der Waals surface area contributed by atoms with E-state index >= 15 is 0 Å². The van der Waals surface area contributed by atoms with Crippen molar-refractivity contribution in [3.05, 3.63) is 0 Å². The van der Waals surface area contributed by atoms with Gasteiger partial charge in [0.2, 0.25) is 0 Å². The van der Waals surface area contributed by atoms with Crippen LogP contribution in [0.15, 0.2) is 0 Å². The summed E-state index contributed by atoms with van der Waals surface area (Å²) < 4.78 is 0. The Morgan fingerprint density at radius 1 is 0.867 bits per heavy atom. The Morgan fingerprint density at radius 3 is 1.67 bits per heavy atom. The van der Waals surface area contributed by atoms with Crippen molar-refractivity contribution in [2.75, 3.05) is 0 Å².